The van der Waals surface area contributed by atoms with Crippen LogP contribution in [0.15, 0.2) is 0 Å². The SMILES string of the molecule is CC(N)CC(=O)NC(C)C(C)C(=O)O. The maximum atomic E-state index is 11.2. The molecule has 0 aromatic rings. The summed E-state index contributed by atoms with van der Waals surface area (Å²) in [5.41, 5.74) is 5.43. The minimum atomic E-state index is -0.918. The molecule has 0 aliphatic carbocycles. The highest BCUT2D eigenvalue weighted by atomic mass is 16.4. The van der Waals surface area contributed by atoms with Gasteiger partial charge in [-0.1, -0.05) is 0 Å². The number of rotatable bonds is 5. The highest BCUT2D eigenvalue weighted by molar-refractivity contribution is 5.78. The summed E-state index contributed by atoms with van der Waals surface area (Å²) < 4.78 is 0. The van der Waals surface area contributed by atoms with Gasteiger partial charge in [-0.05, 0) is 20.8 Å². The Morgan fingerprint density at radius 1 is 1.36 bits per heavy atom. The van der Waals surface area contributed by atoms with E-state index < -0.39 is 11.9 Å². The minimum absolute atomic E-state index is 0.206. The average molecular weight is 202 g/mol. The molecule has 4 N–H and O–H groups in total. The molecule has 0 spiro atoms. The highest BCUT2D eigenvalue weighted by Crippen LogP contribution is 2.02. The molecular formula is C9H18N2O3. The number of amides is 1. The lowest BCUT2D eigenvalue weighted by molar-refractivity contribution is -0.142. The summed E-state index contributed by atoms with van der Waals surface area (Å²) in [6.45, 7) is 4.95. The van der Waals surface area contributed by atoms with E-state index in [2.05, 4.69) is 5.32 Å². The molecule has 0 radical (unpaired) electrons. The quantitative estimate of drug-likeness (QED) is 0.582. The number of carboxylic acids is 1. The van der Waals surface area contributed by atoms with E-state index in [0.717, 1.165) is 0 Å². The first kappa shape index (κ1) is 12.9. The summed E-state index contributed by atoms with van der Waals surface area (Å²) in [4.78, 5) is 21.8. The molecule has 5 nitrogen and oxygen atoms in total. The smallest absolute Gasteiger partial charge is 0.308 e. The third-order valence-corrected chi connectivity index (χ3v) is 2.04. The van der Waals surface area contributed by atoms with E-state index in [9.17, 15) is 9.59 Å². The molecule has 0 aromatic heterocycles. The first-order valence-electron chi connectivity index (χ1n) is 4.62. The van der Waals surface area contributed by atoms with Crippen LogP contribution in [0.25, 0.3) is 0 Å². The second-order valence-electron chi connectivity index (χ2n) is 3.66. The fraction of sp³-hybridized carbons (Fsp3) is 0.778. The van der Waals surface area contributed by atoms with Gasteiger partial charge in [-0.25, -0.2) is 0 Å². The molecule has 3 unspecified atom stereocenters. The maximum absolute atomic E-state index is 11.2. The number of carbonyl (C=O) groups excluding carboxylic acids is 1. The molecule has 1 amide bonds. The Morgan fingerprint density at radius 3 is 2.21 bits per heavy atom. The Balaban J connectivity index is 3.99. The van der Waals surface area contributed by atoms with Crippen LogP contribution in [0.4, 0.5) is 0 Å². The molecule has 82 valence electrons. The van der Waals surface area contributed by atoms with E-state index in [1.165, 1.54) is 0 Å². The van der Waals surface area contributed by atoms with E-state index in [1.807, 2.05) is 0 Å². The van der Waals surface area contributed by atoms with Crippen LogP contribution in [0.1, 0.15) is 27.2 Å². The molecule has 0 saturated carbocycles. The van der Waals surface area contributed by atoms with E-state index in [4.69, 9.17) is 10.8 Å². The minimum Gasteiger partial charge on any atom is -0.481 e. The zero-order chi connectivity index (χ0) is 11.3. The number of aliphatic carboxylic acids is 1. The van der Waals surface area contributed by atoms with Gasteiger partial charge >= 0.3 is 5.97 Å². The van der Waals surface area contributed by atoms with Crippen molar-refractivity contribution in [1.29, 1.82) is 0 Å². The van der Waals surface area contributed by atoms with Crippen LogP contribution < -0.4 is 11.1 Å². The van der Waals surface area contributed by atoms with Gasteiger partial charge in [-0.2, -0.15) is 0 Å². The first-order valence-corrected chi connectivity index (χ1v) is 4.62. The molecule has 3 atom stereocenters. The summed E-state index contributed by atoms with van der Waals surface area (Å²) in [6.07, 6.45) is 0.219. The number of carboxylic acid groups (broad SMARTS) is 1. The van der Waals surface area contributed by atoms with Crippen LogP contribution in [0, 0.1) is 5.92 Å². The standard InChI is InChI=1S/C9H18N2O3/c1-5(10)4-8(12)11-7(3)6(2)9(13)14/h5-7H,4,10H2,1-3H3,(H,11,12)(H,13,14). The fourth-order valence-electron chi connectivity index (χ4n) is 0.944. The molecule has 0 heterocycles. The summed E-state index contributed by atoms with van der Waals surface area (Å²) >= 11 is 0. The van der Waals surface area contributed by atoms with Crippen molar-refractivity contribution in [2.75, 3.05) is 0 Å². The molecule has 0 rings (SSSR count). The zero-order valence-corrected chi connectivity index (χ0v) is 8.78. The molecule has 0 fully saturated rings. The summed E-state index contributed by atoms with van der Waals surface area (Å²) in [6, 6.07) is -0.582. The molecule has 0 aliphatic rings. The largest absolute Gasteiger partial charge is 0.481 e. The van der Waals surface area contributed by atoms with Crippen molar-refractivity contribution in [3.8, 4) is 0 Å². The van der Waals surface area contributed by atoms with Crippen molar-refractivity contribution in [2.24, 2.45) is 11.7 Å². The fourth-order valence-corrected chi connectivity index (χ4v) is 0.944. The van der Waals surface area contributed by atoms with Gasteiger partial charge in [-0.3, -0.25) is 9.59 Å². The molecule has 14 heavy (non-hydrogen) atoms. The molecule has 0 aromatic carbocycles. The van der Waals surface area contributed by atoms with Crippen LogP contribution in [0.2, 0.25) is 0 Å². The highest BCUT2D eigenvalue weighted by Gasteiger charge is 2.20. The Kier molecular flexibility index (Phi) is 5.15. The summed E-state index contributed by atoms with van der Waals surface area (Å²) in [7, 11) is 0. The van der Waals surface area contributed by atoms with Gasteiger partial charge in [0.2, 0.25) is 5.91 Å². The second-order valence-corrected chi connectivity index (χ2v) is 3.66. The van der Waals surface area contributed by atoms with Crippen molar-refractivity contribution >= 4 is 11.9 Å². The van der Waals surface area contributed by atoms with Crippen molar-refractivity contribution in [1.82, 2.24) is 5.32 Å². The summed E-state index contributed by atoms with van der Waals surface area (Å²) in [5.74, 6) is -1.72. The molecular weight excluding hydrogens is 184 g/mol. The predicted octanol–water partition coefficient (Wildman–Crippen LogP) is -0.0509. The van der Waals surface area contributed by atoms with E-state index in [-0.39, 0.29) is 24.4 Å². The molecule has 0 aliphatic heterocycles. The molecule has 0 saturated heterocycles. The van der Waals surface area contributed by atoms with Crippen LogP contribution in [-0.2, 0) is 9.59 Å². The topological polar surface area (TPSA) is 92.4 Å². The molecule has 0 bridgehead atoms. The van der Waals surface area contributed by atoms with Gasteiger partial charge in [-0.15, -0.1) is 0 Å². The van der Waals surface area contributed by atoms with Gasteiger partial charge in [0, 0.05) is 18.5 Å². The Labute approximate surface area is 83.7 Å². The lowest BCUT2D eigenvalue weighted by Crippen LogP contribution is -2.41. The lowest BCUT2D eigenvalue weighted by atomic mass is 10.0. The Bertz CT molecular complexity index is 216. The van der Waals surface area contributed by atoms with E-state index in [1.54, 1.807) is 20.8 Å². The van der Waals surface area contributed by atoms with Gasteiger partial charge < -0.3 is 16.2 Å². The third kappa shape index (κ3) is 4.81. The first-order chi connectivity index (χ1) is 6.34. The predicted molar refractivity (Wildman–Crippen MR) is 52.7 cm³/mol. The normalized spacial score (nSPS) is 16.9. The van der Waals surface area contributed by atoms with Crippen molar-refractivity contribution in [3.05, 3.63) is 0 Å². The second kappa shape index (κ2) is 5.59. The van der Waals surface area contributed by atoms with Gasteiger partial charge in [0.1, 0.15) is 0 Å². The van der Waals surface area contributed by atoms with Crippen LogP contribution in [0.5, 0.6) is 0 Å². The summed E-state index contributed by atoms with van der Waals surface area (Å²) in [5, 5.41) is 11.3. The lowest BCUT2D eigenvalue weighted by Gasteiger charge is -2.18. The average Bonchev–Trinajstić information content (AvgIpc) is 2.00. The monoisotopic (exact) mass is 202 g/mol. The Morgan fingerprint density at radius 2 is 1.86 bits per heavy atom. The van der Waals surface area contributed by atoms with Gasteiger partial charge in [0.25, 0.3) is 0 Å². The Hall–Kier alpha value is -1.10. The van der Waals surface area contributed by atoms with Crippen LogP contribution >= 0.6 is 0 Å². The van der Waals surface area contributed by atoms with Gasteiger partial charge in [0.05, 0.1) is 5.92 Å². The van der Waals surface area contributed by atoms with Crippen LogP contribution in [0.3, 0.4) is 0 Å². The number of nitrogens with two attached hydrogens (primary N) is 1. The number of hydrogen-bond acceptors (Lipinski definition) is 3. The van der Waals surface area contributed by atoms with E-state index in [0.29, 0.717) is 0 Å². The van der Waals surface area contributed by atoms with E-state index >= 15 is 0 Å². The number of carbonyl (C=O) groups is 2. The van der Waals surface area contributed by atoms with Gasteiger partial charge in [0.15, 0.2) is 0 Å². The third-order valence-electron chi connectivity index (χ3n) is 2.04. The van der Waals surface area contributed by atoms with Crippen molar-refractivity contribution in [3.63, 3.8) is 0 Å². The zero-order valence-electron chi connectivity index (χ0n) is 8.78. The van der Waals surface area contributed by atoms with Crippen molar-refractivity contribution < 1.29 is 14.7 Å². The van der Waals surface area contributed by atoms with Crippen molar-refractivity contribution in [2.45, 2.75) is 39.3 Å². The number of hydrogen-bond donors (Lipinski definition) is 3. The maximum Gasteiger partial charge on any atom is 0.308 e. The number of nitrogens with one attached hydrogen (secondary N) is 1. The molecule has 5 heteroatoms. The van der Waals surface area contributed by atoms with Crippen LogP contribution in [-0.4, -0.2) is 29.1 Å².